The van der Waals surface area contributed by atoms with Crippen molar-refractivity contribution in [2.75, 3.05) is 0 Å². The summed E-state index contributed by atoms with van der Waals surface area (Å²) < 4.78 is 12.0. The van der Waals surface area contributed by atoms with E-state index in [1.165, 1.54) is 0 Å². The Labute approximate surface area is 125 Å². The van der Waals surface area contributed by atoms with Crippen LogP contribution < -0.4 is 5.30 Å². The molecule has 106 valence electrons. The van der Waals surface area contributed by atoms with Crippen molar-refractivity contribution in [2.45, 2.75) is 26.6 Å². The van der Waals surface area contributed by atoms with Crippen molar-refractivity contribution in [3.8, 4) is 0 Å². The molecule has 2 aromatic carbocycles. The zero-order valence-electron chi connectivity index (χ0n) is 11.7. The zero-order valence-corrected chi connectivity index (χ0v) is 13.4. The molecular formula is C16H19O2PS. The molecule has 1 atom stereocenters. The lowest BCUT2D eigenvalue weighted by Crippen LogP contribution is -2.13. The SMILES string of the molecule is CC(C)OP(=S)(OCc1ccccc1)c1ccccc1. The van der Waals surface area contributed by atoms with Crippen LogP contribution in [0, 0.1) is 0 Å². The van der Waals surface area contributed by atoms with Gasteiger partial charge in [0.05, 0.1) is 12.7 Å². The molecule has 2 rings (SSSR count). The summed E-state index contributed by atoms with van der Waals surface area (Å²) in [5.74, 6) is 0. The fourth-order valence-corrected chi connectivity index (χ4v) is 4.57. The van der Waals surface area contributed by atoms with Crippen LogP contribution in [0.4, 0.5) is 0 Å². The Morgan fingerprint density at radius 1 is 0.950 bits per heavy atom. The van der Waals surface area contributed by atoms with Crippen molar-refractivity contribution < 1.29 is 9.05 Å². The van der Waals surface area contributed by atoms with Crippen LogP contribution in [-0.4, -0.2) is 6.10 Å². The lowest BCUT2D eigenvalue weighted by atomic mass is 10.2. The molecule has 0 aliphatic rings. The minimum atomic E-state index is -2.46. The molecule has 4 heteroatoms. The van der Waals surface area contributed by atoms with E-state index >= 15 is 0 Å². The molecule has 0 radical (unpaired) electrons. The lowest BCUT2D eigenvalue weighted by molar-refractivity contribution is 0.205. The molecule has 0 saturated heterocycles. The average molecular weight is 306 g/mol. The standard InChI is InChI=1S/C16H19O2PS/c1-14(2)18-19(20,16-11-7-4-8-12-16)17-13-15-9-5-3-6-10-15/h3-12,14H,13H2,1-2H3. The second kappa shape index (κ2) is 7.14. The summed E-state index contributed by atoms with van der Waals surface area (Å²) >= 11 is 5.71. The predicted octanol–water partition coefficient (Wildman–Crippen LogP) is 4.26. The Kier molecular flexibility index (Phi) is 5.50. The van der Waals surface area contributed by atoms with Crippen LogP contribution in [-0.2, 0) is 27.5 Å². The Balaban J connectivity index is 2.18. The molecule has 0 N–H and O–H groups in total. The third-order valence-electron chi connectivity index (χ3n) is 2.67. The van der Waals surface area contributed by atoms with Gasteiger partial charge >= 0.3 is 0 Å². The molecule has 0 fully saturated rings. The second-order valence-corrected chi connectivity index (χ2v) is 8.17. The molecule has 20 heavy (non-hydrogen) atoms. The van der Waals surface area contributed by atoms with Gasteiger partial charge in [0.2, 0.25) is 6.49 Å². The molecule has 0 amide bonds. The number of rotatable bonds is 6. The first-order chi connectivity index (χ1) is 9.60. The maximum Gasteiger partial charge on any atom is 0.220 e. The van der Waals surface area contributed by atoms with Gasteiger partial charge in [-0.25, -0.2) is 0 Å². The van der Waals surface area contributed by atoms with Gasteiger partial charge in [0, 0.05) is 5.30 Å². The highest BCUT2D eigenvalue weighted by Crippen LogP contribution is 2.49. The minimum absolute atomic E-state index is 0.0387. The molecule has 2 aromatic rings. The Morgan fingerprint density at radius 2 is 1.50 bits per heavy atom. The molecule has 0 heterocycles. The summed E-state index contributed by atoms with van der Waals surface area (Å²) in [5, 5.41) is 0.958. The zero-order chi connectivity index (χ0) is 14.4. The largest absolute Gasteiger partial charge is 0.323 e. The van der Waals surface area contributed by atoms with Gasteiger partial charge in [-0.1, -0.05) is 48.5 Å². The van der Waals surface area contributed by atoms with E-state index in [2.05, 4.69) is 0 Å². The van der Waals surface area contributed by atoms with Crippen LogP contribution in [0.2, 0.25) is 0 Å². The first kappa shape index (κ1) is 15.4. The van der Waals surface area contributed by atoms with Crippen molar-refractivity contribution in [2.24, 2.45) is 0 Å². The molecule has 0 aromatic heterocycles. The van der Waals surface area contributed by atoms with Gasteiger partial charge in [-0.2, -0.15) is 0 Å². The van der Waals surface area contributed by atoms with Gasteiger partial charge in [0.1, 0.15) is 0 Å². The summed E-state index contributed by atoms with van der Waals surface area (Å²) in [4.78, 5) is 0. The fraction of sp³-hybridized carbons (Fsp3) is 0.250. The first-order valence-corrected chi connectivity index (χ1v) is 9.26. The normalized spacial score (nSPS) is 14.2. The molecule has 0 saturated carbocycles. The van der Waals surface area contributed by atoms with Crippen LogP contribution in [0.3, 0.4) is 0 Å². The van der Waals surface area contributed by atoms with E-state index in [9.17, 15) is 0 Å². The van der Waals surface area contributed by atoms with Crippen molar-refractivity contribution >= 4 is 23.6 Å². The topological polar surface area (TPSA) is 18.5 Å². The van der Waals surface area contributed by atoms with Crippen LogP contribution in [0.25, 0.3) is 0 Å². The summed E-state index contributed by atoms with van der Waals surface area (Å²) in [6.45, 7) is 1.98. The van der Waals surface area contributed by atoms with Crippen LogP contribution in [0.5, 0.6) is 0 Å². The van der Waals surface area contributed by atoms with Gasteiger partial charge in [-0.15, -0.1) is 0 Å². The van der Waals surface area contributed by atoms with Crippen molar-refractivity contribution in [1.82, 2.24) is 0 Å². The fourth-order valence-electron chi connectivity index (χ4n) is 1.79. The third kappa shape index (κ3) is 4.26. The van der Waals surface area contributed by atoms with Crippen LogP contribution in [0.1, 0.15) is 19.4 Å². The van der Waals surface area contributed by atoms with E-state index in [1.54, 1.807) is 0 Å². The quantitative estimate of drug-likeness (QED) is 0.743. The first-order valence-electron chi connectivity index (χ1n) is 6.63. The maximum absolute atomic E-state index is 6.02. The van der Waals surface area contributed by atoms with Crippen LogP contribution in [0.15, 0.2) is 60.7 Å². The average Bonchev–Trinajstić information content (AvgIpc) is 2.47. The molecule has 0 bridgehead atoms. The van der Waals surface area contributed by atoms with E-state index in [4.69, 9.17) is 20.9 Å². The smallest absolute Gasteiger partial charge is 0.220 e. The van der Waals surface area contributed by atoms with Gasteiger partial charge in [-0.3, -0.25) is 0 Å². The monoisotopic (exact) mass is 306 g/mol. The van der Waals surface area contributed by atoms with E-state index in [0.717, 1.165) is 10.9 Å². The van der Waals surface area contributed by atoms with Gasteiger partial charge in [0.15, 0.2) is 0 Å². The van der Waals surface area contributed by atoms with Gasteiger partial charge in [0.25, 0.3) is 0 Å². The van der Waals surface area contributed by atoms with E-state index < -0.39 is 6.49 Å². The third-order valence-corrected chi connectivity index (χ3v) is 5.97. The number of hydrogen-bond acceptors (Lipinski definition) is 3. The molecule has 1 unspecified atom stereocenters. The number of hydrogen-bond donors (Lipinski definition) is 0. The van der Waals surface area contributed by atoms with E-state index in [-0.39, 0.29) is 6.10 Å². The van der Waals surface area contributed by atoms with Crippen molar-refractivity contribution in [3.63, 3.8) is 0 Å². The Hall–Kier alpha value is -0.990. The van der Waals surface area contributed by atoms with Gasteiger partial charge in [-0.05, 0) is 43.4 Å². The van der Waals surface area contributed by atoms with E-state index in [1.807, 2.05) is 74.5 Å². The maximum atomic E-state index is 6.02. The summed E-state index contributed by atoms with van der Waals surface area (Å²) in [6.07, 6.45) is 0.0387. The highest BCUT2D eigenvalue weighted by molar-refractivity contribution is 8.13. The molecule has 0 spiro atoms. The van der Waals surface area contributed by atoms with Crippen molar-refractivity contribution in [3.05, 3.63) is 66.2 Å². The molecule has 2 nitrogen and oxygen atoms in total. The van der Waals surface area contributed by atoms with Crippen molar-refractivity contribution in [1.29, 1.82) is 0 Å². The minimum Gasteiger partial charge on any atom is -0.323 e. The molecular weight excluding hydrogens is 287 g/mol. The summed E-state index contributed by atoms with van der Waals surface area (Å²) in [6, 6.07) is 19.9. The Morgan fingerprint density at radius 3 is 2.05 bits per heavy atom. The Bertz CT molecular complexity index is 570. The molecule has 0 aliphatic heterocycles. The lowest BCUT2D eigenvalue weighted by Gasteiger charge is -2.24. The predicted molar refractivity (Wildman–Crippen MR) is 87.8 cm³/mol. The van der Waals surface area contributed by atoms with Crippen LogP contribution >= 0.6 is 6.49 Å². The summed E-state index contributed by atoms with van der Waals surface area (Å²) in [5.41, 5.74) is 1.10. The van der Waals surface area contributed by atoms with Gasteiger partial charge < -0.3 is 9.05 Å². The summed E-state index contributed by atoms with van der Waals surface area (Å²) in [7, 11) is 0. The second-order valence-electron chi connectivity index (χ2n) is 4.75. The number of benzene rings is 2. The van der Waals surface area contributed by atoms with E-state index in [0.29, 0.717) is 6.61 Å². The highest BCUT2D eigenvalue weighted by Gasteiger charge is 2.23. The highest BCUT2D eigenvalue weighted by atomic mass is 32.5. The molecule has 0 aliphatic carbocycles.